The van der Waals surface area contributed by atoms with Gasteiger partial charge in [-0.25, -0.2) is 4.79 Å². The second kappa shape index (κ2) is 9.64. The molecule has 1 aliphatic heterocycles. The van der Waals surface area contributed by atoms with Gasteiger partial charge in [0.25, 0.3) is 0 Å². The van der Waals surface area contributed by atoms with Crippen LogP contribution < -0.4 is 10.6 Å². The summed E-state index contributed by atoms with van der Waals surface area (Å²) >= 11 is 0. The molecule has 0 spiro atoms. The number of rotatable bonds is 5. The first-order valence-electron chi connectivity index (χ1n) is 8.20. The lowest BCUT2D eigenvalue weighted by Gasteiger charge is -2.27. The van der Waals surface area contributed by atoms with E-state index in [1.54, 1.807) is 18.2 Å². The number of benzene rings is 1. The Morgan fingerprint density at radius 2 is 2.00 bits per heavy atom. The molecule has 5 nitrogen and oxygen atoms in total. The van der Waals surface area contributed by atoms with Gasteiger partial charge in [0.05, 0.1) is 12.7 Å². The van der Waals surface area contributed by atoms with Crippen molar-refractivity contribution in [3.8, 4) is 0 Å². The molecule has 2 rings (SSSR count). The number of carbonyl (C=O) groups is 2. The fourth-order valence-corrected chi connectivity index (χ4v) is 3.16. The highest BCUT2D eigenvalue weighted by Gasteiger charge is 2.22. The summed E-state index contributed by atoms with van der Waals surface area (Å²) in [5.41, 5.74) is 2.03. The zero-order valence-electron chi connectivity index (χ0n) is 14.6. The summed E-state index contributed by atoms with van der Waals surface area (Å²) in [5.74, 6) is 0.666. The molecule has 0 aliphatic carbocycles. The molecule has 1 unspecified atom stereocenters. The standard InChI is InChI=1S/C18H26N2O3.ClH/c1-12(14-6-8-19-9-7-14)11-17(21)20-15-4-5-16(13(2)10-15)18(22)23-3;/h4-5,10,12,14,19H,6-9,11H2,1-3H3,(H,20,21);1H. The van der Waals surface area contributed by atoms with Crippen LogP contribution >= 0.6 is 12.4 Å². The summed E-state index contributed by atoms with van der Waals surface area (Å²) in [6.07, 6.45) is 2.81. The molecular formula is C18H27ClN2O3. The van der Waals surface area contributed by atoms with Crippen molar-refractivity contribution < 1.29 is 14.3 Å². The van der Waals surface area contributed by atoms with Gasteiger partial charge in [-0.15, -0.1) is 12.4 Å². The lowest BCUT2D eigenvalue weighted by atomic mass is 9.84. The van der Waals surface area contributed by atoms with Crippen molar-refractivity contribution in [3.05, 3.63) is 29.3 Å². The van der Waals surface area contributed by atoms with Crippen molar-refractivity contribution in [2.24, 2.45) is 11.8 Å². The van der Waals surface area contributed by atoms with E-state index in [-0.39, 0.29) is 24.3 Å². The first-order valence-corrected chi connectivity index (χ1v) is 8.20. The number of methoxy groups -OCH3 is 1. The molecule has 0 radical (unpaired) electrons. The molecule has 1 amide bonds. The molecule has 0 bridgehead atoms. The van der Waals surface area contributed by atoms with E-state index in [9.17, 15) is 9.59 Å². The van der Waals surface area contributed by atoms with Crippen LogP contribution in [0.15, 0.2) is 18.2 Å². The molecule has 24 heavy (non-hydrogen) atoms. The van der Waals surface area contributed by atoms with Crippen molar-refractivity contribution in [1.82, 2.24) is 5.32 Å². The molecule has 134 valence electrons. The number of aryl methyl sites for hydroxylation is 1. The molecule has 1 atom stereocenters. The van der Waals surface area contributed by atoms with Gasteiger partial charge in [-0.3, -0.25) is 4.79 Å². The van der Waals surface area contributed by atoms with Crippen LogP contribution in [-0.4, -0.2) is 32.1 Å². The van der Waals surface area contributed by atoms with Crippen LogP contribution in [0.25, 0.3) is 0 Å². The third-order valence-electron chi connectivity index (χ3n) is 4.61. The van der Waals surface area contributed by atoms with Gasteiger partial charge in [0, 0.05) is 12.1 Å². The fourth-order valence-electron chi connectivity index (χ4n) is 3.16. The molecule has 0 aromatic heterocycles. The summed E-state index contributed by atoms with van der Waals surface area (Å²) in [5, 5.41) is 6.28. The molecule has 1 fully saturated rings. The van der Waals surface area contributed by atoms with E-state index in [1.807, 2.05) is 6.92 Å². The summed E-state index contributed by atoms with van der Waals surface area (Å²) in [6.45, 7) is 6.08. The van der Waals surface area contributed by atoms with Gasteiger partial charge in [0.2, 0.25) is 5.91 Å². The Morgan fingerprint density at radius 3 is 2.58 bits per heavy atom. The Balaban J connectivity index is 0.00000288. The number of amides is 1. The van der Waals surface area contributed by atoms with E-state index < -0.39 is 0 Å². The lowest BCUT2D eigenvalue weighted by Crippen LogP contribution is -2.32. The lowest BCUT2D eigenvalue weighted by molar-refractivity contribution is -0.117. The zero-order chi connectivity index (χ0) is 16.8. The largest absolute Gasteiger partial charge is 0.465 e. The second-order valence-electron chi connectivity index (χ2n) is 6.34. The third kappa shape index (κ3) is 5.49. The number of piperidine rings is 1. The van der Waals surface area contributed by atoms with E-state index >= 15 is 0 Å². The van der Waals surface area contributed by atoms with Gasteiger partial charge in [-0.2, -0.15) is 0 Å². The highest BCUT2D eigenvalue weighted by atomic mass is 35.5. The van der Waals surface area contributed by atoms with Gasteiger partial charge in [0.1, 0.15) is 0 Å². The highest BCUT2D eigenvalue weighted by Crippen LogP contribution is 2.25. The van der Waals surface area contributed by atoms with E-state index in [0.29, 0.717) is 23.8 Å². The van der Waals surface area contributed by atoms with Crippen LogP contribution in [-0.2, 0) is 9.53 Å². The first-order chi connectivity index (χ1) is 11.0. The van der Waals surface area contributed by atoms with Crippen molar-refractivity contribution in [3.63, 3.8) is 0 Å². The van der Waals surface area contributed by atoms with Crippen LogP contribution in [0.5, 0.6) is 0 Å². The van der Waals surface area contributed by atoms with Crippen LogP contribution in [0.2, 0.25) is 0 Å². The zero-order valence-corrected chi connectivity index (χ0v) is 15.4. The van der Waals surface area contributed by atoms with Crippen molar-refractivity contribution >= 4 is 30.0 Å². The Morgan fingerprint density at radius 1 is 1.33 bits per heavy atom. The number of ether oxygens (including phenoxy) is 1. The second-order valence-corrected chi connectivity index (χ2v) is 6.34. The average molecular weight is 355 g/mol. The van der Waals surface area contributed by atoms with Gasteiger partial charge in [0.15, 0.2) is 0 Å². The highest BCUT2D eigenvalue weighted by molar-refractivity contribution is 5.94. The maximum absolute atomic E-state index is 12.2. The van der Waals surface area contributed by atoms with Crippen LogP contribution in [0, 0.1) is 18.8 Å². The van der Waals surface area contributed by atoms with Crippen LogP contribution in [0.1, 0.15) is 42.1 Å². The summed E-state index contributed by atoms with van der Waals surface area (Å²) in [7, 11) is 1.36. The van der Waals surface area contributed by atoms with Gasteiger partial charge >= 0.3 is 5.97 Å². The van der Waals surface area contributed by atoms with Crippen LogP contribution in [0.3, 0.4) is 0 Å². The minimum absolute atomic E-state index is 0. The molecular weight excluding hydrogens is 328 g/mol. The number of carbonyl (C=O) groups excluding carboxylic acids is 2. The Hall–Kier alpha value is -1.59. The van der Waals surface area contributed by atoms with Gasteiger partial charge in [-0.1, -0.05) is 6.92 Å². The predicted molar refractivity (Wildman–Crippen MR) is 97.8 cm³/mol. The minimum Gasteiger partial charge on any atom is -0.465 e. The number of hydrogen-bond acceptors (Lipinski definition) is 4. The number of nitrogens with one attached hydrogen (secondary N) is 2. The Labute approximate surface area is 149 Å². The molecule has 1 saturated heterocycles. The summed E-state index contributed by atoms with van der Waals surface area (Å²) in [4.78, 5) is 23.8. The van der Waals surface area contributed by atoms with Crippen LogP contribution in [0.4, 0.5) is 5.69 Å². The monoisotopic (exact) mass is 354 g/mol. The number of hydrogen-bond donors (Lipinski definition) is 2. The third-order valence-corrected chi connectivity index (χ3v) is 4.61. The SMILES string of the molecule is COC(=O)c1ccc(NC(=O)CC(C)C2CCNCC2)cc1C.Cl. The Bertz CT molecular complexity index is 571. The van der Waals surface area contributed by atoms with Crippen molar-refractivity contribution in [2.45, 2.75) is 33.1 Å². The first kappa shape index (κ1) is 20.5. The molecule has 2 N–H and O–H groups in total. The fraction of sp³-hybridized carbons (Fsp3) is 0.556. The predicted octanol–water partition coefficient (Wildman–Crippen LogP) is 3.17. The minimum atomic E-state index is -0.361. The quantitative estimate of drug-likeness (QED) is 0.797. The molecule has 0 saturated carbocycles. The van der Waals surface area contributed by atoms with E-state index in [1.165, 1.54) is 7.11 Å². The van der Waals surface area contributed by atoms with E-state index in [0.717, 1.165) is 37.2 Å². The number of esters is 1. The maximum atomic E-state index is 12.2. The molecule has 1 aromatic carbocycles. The molecule has 1 aromatic rings. The molecule has 6 heteroatoms. The van der Waals surface area contributed by atoms with Crippen molar-refractivity contribution in [1.29, 1.82) is 0 Å². The topological polar surface area (TPSA) is 67.4 Å². The Kier molecular flexibility index (Phi) is 8.22. The van der Waals surface area contributed by atoms with Gasteiger partial charge in [-0.05, 0) is 68.5 Å². The van der Waals surface area contributed by atoms with Gasteiger partial charge < -0.3 is 15.4 Å². The van der Waals surface area contributed by atoms with E-state index in [4.69, 9.17) is 4.74 Å². The number of halogens is 1. The summed E-state index contributed by atoms with van der Waals surface area (Å²) in [6, 6.07) is 5.23. The maximum Gasteiger partial charge on any atom is 0.338 e. The summed E-state index contributed by atoms with van der Waals surface area (Å²) < 4.78 is 4.73. The van der Waals surface area contributed by atoms with Crippen molar-refractivity contribution in [2.75, 3.05) is 25.5 Å². The molecule has 1 aliphatic rings. The molecule has 1 heterocycles. The van der Waals surface area contributed by atoms with E-state index in [2.05, 4.69) is 17.6 Å². The normalized spacial score (nSPS) is 16.0. The number of anilines is 1. The smallest absolute Gasteiger partial charge is 0.338 e. The average Bonchev–Trinajstić information content (AvgIpc) is 2.55.